The molecular weight excluding hydrogens is 397 g/mol. The second-order valence-corrected chi connectivity index (χ2v) is 8.92. The smallest absolute Gasteiger partial charge is 0.369 e. The summed E-state index contributed by atoms with van der Waals surface area (Å²) in [4.78, 5) is 11.3. The maximum atomic E-state index is 13.5. The van der Waals surface area contributed by atoms with Gasteiger partial charge in [0.2, 0.25) is 0 Å². The number of H-pyrrole nitrogens is 1. The van der Waals surface area contributed by atoms with Crippen molar-refractivity contribution in [1.82, 2.24) is 14.6 Å². The van der Waals surface area contributed by atoms with Crippen molar-refractivity contribution >= 4 is 25.5 Å². The normalized spacial score (nSPS) is 14.0. The number of hydrogen-bond donors (Lipinski definition) is 2. The molecule has 1 heterocycles. The molecule has 2 rings (SSSR count). The molecule has 1 aromatic heterocycles. The summed E-state index contributed by atoms with van der Waals surface area (Å²) in [7, 11) is -2.08. The average molecular weight is 425 g/mol. The maximum absolute atomic E-state index is 13.5. The number of nitrogens with two attached hydrogens (primary N) is 1. The van der Waals surface area contributed by atoms with Gasteiger partial charge in [-0.15, -0.1) is 0 Å². The molecule has 1 unspecified atom stereocenters. The van der Waals surface area contributed by atoms with E-state index in [1.54, 1.807) is 32.1 Å². The number of rotatable bonds is 11. The van der Waals surface area contributed by atoms with Gasteiger partial charge in [0.1, 0.15) is 0 Å². The van der Waals surface area contributed by atoms with E-state index in [0.29, 0.717) is 12.3 Å². The predicted molar refractivity (Wildman–Crippen MR) is 114 cm³/mol. The van der Waals surface area contributed by atoms with Gasteiger partial charge >= 0.3 is 7.75 Å². The molecule has 0 aliphatic heterocycles. The van der Waals surface area contributed by atoms with Crippen LogP contribution in [0.1, 0.15) is 23.9 Å². The molecule has 8 nitrogen and oxygen atoms in total. The molecule has 0 spiro atoms. The first-order chi connectivity index (χ1) is 13.5. The SMILES string of the molecule is CCOP(=O)(OCc1ccccc1)N(CCSCc1nc[nH]c1C)C(N)=NC. The number of hydrogen-bond acceptors (Lipinski definition) is 6. The average Bonchev–Trinajstić information content (AvgIpc) is 3.11. The van der Waals surface area contributed by atoms with Crippen molar-refractivity contribution in [2.45, 2.75) is 26.2 Å². The summed E-state index contributed by atoms with van der Waals surface area (Å²) in [6.07, 6.45) is 1.68. The Kier molecular flexibility index (Phi) is 9.05. The molecule has 0 saturated heterocycles. The summed E-state index contributed by atoms with van der Waals surface area (Å²) >= 11 is 1.66. The van der Waals surface area contributed by atoms with Crippen molar-refractivity contribution in [2.24, 2.45) is 10.7 Å². The zero-order chi connectivity index (χ0) is 20.4. The summed E-state index contributed by atoms with van der Waals surface area (Å²) in [5.41, 5.74) is 8.97. The van der Waals surface area contributed by atoms with Crippen LogP contribution in [0, 0.1) is 6.92 Å². The summed E-state index contributed by atoms with van der Waals surface area (Å²) in [6.45, 7) is 4.52. The van der Waals surface area contributed by atoms with Gasteiger partial charge in [-0.25, -0.2) is 14.2 Å². The van der Waals surface area contributed by atoms with Crippen LogP contribution in [-0.4, -0.2) is 46.6 Å². The fourth-order valence-electron chi connectivity index (χ4n) is 2.40. The summed E-state index contributed by atoms with van der Waals surface area (Å²) < 4.78 is 26.2. The fraction of sp³-hybridized carbons (Fsp3) is 0.444. The quantitative estimate of drug-likeness (QED) is 0.245. The molecular formula is C18H28N5O3PS. The summed E-state index contributed by atoms with van der Waals surface area (Å²) in [5.74, 6) is 1.53. The zero-order valence-corrected chi connectivity index (χ0v) is 18.2. The minimum Gasteiger partial charge on any atom is -0.369 e. The fourth-order valence-corrected chi connectivity index (χ4v) is 5.15. The number of nitrogens with zero attached hydrogens (tertiary/aromatic N) is 3. The van der Waals surface area contributed by atoms with Crippen LogP contribution in [0.5, 0.6) is 0 Å². The molecule has 0 saturated carbocycles. The van der Waals surface area contributed by atoms with E-state index in [0.717, 1.165) is 22.7 Å². The van der Waals surface area contributed by atoms with Crippen molar-refractivity contribution < 1.29 is 13.6 Å². The van der Waals surface area contributed by atoms with E-state index in [-0.39, 0.29) is 19.2 Å². The Morgan fingerprint density at radius 3 is 2.71 bits per heavy atom. The standard InChI is InChI=1S/C18H28N5O3PS/c1-4-25-27(24,26-12-16-8-6-5-7-9-16)23(18(19)20-3)10-11-28-13-17-15(2)21-14-22-17/h5-9,14H,4,10-13H2,1-3H3,(H2,19,20)(H,21,22). The van der Waals surface area contributed by atoms with E-state index in [2.05, 4.69) is 15.0 Å². The number of guanidine groups is 1. The third-order valence-electron chi connectivity index (χ3n) is 3.94. The van der Waals surface area contributed by atoms with E-state index < -0.39 is 7.75 Å². The molecule has 0 fully saturated rings. The maximum Gasteiger partial charge on any atom is 0.437 e. The zero-order valence-electron chi connectivity index (χ0n) is 16.5. The third kappa shape index (κ3) is 6.38. The van der Waals surface area contributed by atoms with Gasteiger partial charge in [-0.05, 0) is 19.4 Å². The van der Waals surface area contributed by atoms with Crippen LogP contribution >= 0.6 is 19.5 Å². The molecule has 0 aliphatic carbocycles. The van der Waals surface area contributed by atoms with Crippen molar-refractivity contribution in [3.05, 3.63) is 53.6 Å². The van der Waals surface area contributed by atoms with Crippen LogP contribution in [0.25, 0.3) is 0 Å². The third-order valence-corrected chi connectivity index (χ3v) is 6.92. The van der Waals surface area contributed by atoms with Gasteiger partial charge in [0.05, 0.1) is 25.2 Å². The van der Waals surface area contributed by atoms with Gasteiger partial charge in [-0.1, -0.05) is 30.3 Å². The highest BCUT2D eigenvalue weighted by Gasteiger charge is 2.35. The second kappa shape index (κ2) is 11.3. The Bertz CT molecular complexity index is 800. The number of aromatic nitrogens is 2. The van der Waals surface area contributed by atoms with Gasteiger partial charge in [0, 0.05) is 30.8 Å². The lowest BCUT2D eigenvalue weighted by Gasteiger charge is -2.30. The van der Waals surface area contributed by atoms with Crippen molar-refractivity contribution in [1.29, 1.82) is 0 Å². The van der Waals surface area contributed by atoms with Crippen LogP contribution < -0.4 is 5.73 Å². The van der Waals surface area contributed by atoms with Gasteiger partial charge < -0.3 is 10.7 Å². The van der Waals surface area contributed by atoms with Crippen LogP contribution in [0.3, 0.4) is 0 Å². The molecule has 154 valence electrons. The molecule has 0 radical (unpaired) electrons. The second-order valence-electron chi connectivity index (χ2n) is 5.88. The van der Waals surface area contributed by atoms with E-state index >= 15 is 0 Å². The van der Waals surface area contributed by atoms with Gasteiger partial charge in [-0.3, -0.25) is 14.0 Å². The van der Waals surface area contributed by atoms with Crippen molar-refractivity contribution in [3.8, 4) is 0 Å². The minimum absolute atomic E-state index is 0.126. The molecule has 2 aromatic rings. The highest BCUT2D eigenvalue weighted by atomic mass is 32.2. The molecule has 0 aliphatic rings. The lowest BCUT2D eigenvalue weighted by Crippen LogP contribution is -2.37. The van der Waals surface area contributed by atoms with E-state index in [1.807, 2.05) is 37.3 Å². The number of imidazole rings is 1. The van der Waals surface area contributed by atoms with Crippen LogP contribution in [0.4, 0.5) is 0 Å². The Morgan fingerprint density at radius 1 is 1.36 bits per heavy atom. The number of benzene rings is 1. The van der Waals surface area contributed by atoms with E-state index in [1.165, 1.54) is 4.67 Å². The van der Waals surface area contributed by atoms with Crippen molar-refractivity contribution in [3.63, 3.8) is 0 Å². The highest BCUT2D eigenvalue weighted by molar-refractivity contribution is 7.98. The van der Waals surface area contributed by atoms with Crippen LogP contribution in [-0.2, 0) is 26.0 Å². The Balaban J connectivity index is 2.03. The van der Waals surface area contributed by atoms with Gasteiger partial charge in [-0.2, -0.15) is 11.8 Å². The largest absolute Gasteiger partial charge is 0.437 e. The van der Waals surface area contributed by atoms with Gasteiger partial charge in [0.25, 0.3) is 0 Å². The minimum atomic E-state index is -3.63. The first-order valence-corrected chi connectivity index (χ1v) is 11.6. The predicted octanol–water partition coefficient (Wildman–Crippen LogP) is 3.56. The number of thioether (sulfide) groups is 1. The lowest BCUT2D eigenvalue weighted by atomic mass is 10.2. The number of aromatic amines is 1. The Morgan fingerprint density at radius 2 is 2.11 bits per heavy atom. The molecule has 0 bridgehead atoms. The Labute approximate surface area is 170 Å². The molecule has 0 amide bonds. The van der Waals surface area contributed by atoms with E-state index in [4.69, 9.17) is 14.8 Å². The number of aliphatic imine (C=N–C) groups is 1. The molecule has 3 N–H and O–H groups in total. The first-order valence-electron chi connectivity index (χ1n) is 9.00. The molecule has 1 aromatic carbocycles. The lowest BCUT2D eigenvalue weighted by molar-refractivity contribution is 0.176. The molecule has 28 heavy (non-hydrogen) atoms. The number of aryl methyl sites for hydroxylation is 1. The summed E-state index contributed by atoms with van der Waals surface area (Å²) in [5, 5.41) is 0. The molecule has 10 heteroatoms. The van der Waals surface area contributed by atoms with Crippen molar-refractivity contribution in [2.75, 3.05) is 26.0 Å². The topological polar surface area (TPSA) is 106 Å². The van der Waals surface area contributed by atoms with Gasteiger partial charge in [0.15, 0.2) is 5.96 Å². The van der Waals surface area contributed by atoms with Crippen LogP contribution in [0.15, 0.2) is 41.7 Å². The highest BCUT2D eigenvalue weighted by Crippen LogP contribution is 2.52. The van der Waals surface area contributed by atoms with Crippen LogP contribution in [0.2, 0.25) is 0 Å². The number of nitrogens with one attached hydrogen (secondary N) is 1. The first kappa shape index (κ1) is 22.5. The summed E-state index contributed by atoms with van der Waals surface area (Å²) in [6, 6.07) is 9.52. The monoisotopic (exact) mass is 425 g/mol. The van der Waals surface area contributed by atoms with E-state index in [9.17, 15) is 4.57 Å². The molecule has 1 atom stereocenters. The Hall–Kier alpha value is -1.80.